The Morgan fingerprint density at radius 1 is 0.319 bits per heavy atom. The average Bonchev–Trinajstić information content (AvgIpc) is 3.34. The van der Waals surface area contributed by atoms with E-state index in [1.165, 1.54) is 7.14 Å². The van der Waals surface area contributed by atoms with E-state index < -0.39 is 144 Å². The van der Waals surface area contributed by atoms with E-state index in [1.54, 1.807) is 7.11 Å². The SMILES string of the molecule is COCCOCCOCCOc1ccc([I+]c2ccccc2)cc1.Fc1c(F)c(F)c([B-](c2c(F)c(F)c(F)c(F)c2F)(c2c(F)c(F)c(F)c(F)c2F)c2c(F)c(F)c(F)c(F)c2F)c(F)c1F. The average molecular weight is 1120 g/mol. The molecule has 0 amide bonds. The van der Waals surface area contributed by atoms with Crippen molar-refractivity contribution in [3.05, 3.63) is 178 Å². The summed E-state index contributed by atoms with van der Waals surface area (Å²) in [4.78, 5) is 0. The molecule has 69 heavy (non-hydrogen) atoms. The highest BCUT2D eigenvalue weighted by Crippen LogP contribution is 2.31. The number of benzene rings is 6. The molecule has 0 saturated heterocycles. The van der Waals surface area contributed by atoms with Crippen LogP contribution in [0.2, 0.25) is 0 Å². The third-order valence-corrected chi connectivity index (χ3v) is 12.5. The van der Waals surface area contributed by atoms with Crippen molar-refractivity contribution in [1.82, 2.24) is 0 Å². The normalized spacial score (nSPS) is 11.6. The first-order valence-electron chi connectivity index (χ1n) is 18.9. The first-order chi connectivity index (χ1) is 32.6. The highest BCUT2D eigenvalue weighted by molar-refractivity contribution is 7.20. The molecular formula is C43H24BF20IO4. The summed E-state index contributed by atoms with van der Waals surface area (Å²) in [5.41, 5.74) is -14.3. The lowest BCUT2D eigenvalue weighted by molar-refractivity contribution is -0.597. The van der Waals surface area contributed by atoms with Crippen LogP contribution in [0, 0.1) is 123 Å². The predicted molar refractivity (Wildman–Crippen MR) is 199 cm³/mol. The van der Waals surface area contributed by atoms with Gasteiger partial charge in [0.1, 0.15) is 65.0 Å². The van der Waals surface area contributed by atoms with Crippen LogP contribution in [0.4, 0.5) is 87.8 Å². The second-order valence-electron chi connectivity index (χ2n) is 13.7. The van der Waals surface area contributed by atoms with Crippen LogP contribution in [0.5, 0.6) is 5.75 Å². The number of hydrogen-bond donors (Lipinski definition) is 0. The molecule has 0 aromatic heterocycles. The Kier molecular flexibility index (Phi) is 18.0. The Morgan fingerprint density at radius 2 is 0.580 bits per heavy atom. The van der Waals surface area contributed by atoms with Gasteiger partial charge in [-0.15, -0.1) is 21.9 Å². The molecule has 0 aliphatic carbocycles. The van der Waals surface area contributed by atoms with Gasteiger partial charge in [-0.2, -0.15) is 0 Å². The molecule has 0 atom stereocenters. The molecule has 4 nitrogen and oxygen atoms in total. The molecule has 370 valence electrons. The number of halogens is 21. The van der Waals surface area contributed by atoms with Crippen molar-refractivity contribution in [2.45, 2.75) is 0 Å². The lowest BCUT2D eigenvalue weighted by Gasteiger charge is -2.44. The minimum atomic E-state index is -7.22. The first kappa shape index (κ1) is 54.3. The third-order valence-electron chi connectivity index (χ3n) is 9.77. The van der Waals surface area contributed by atoms with Crippen molar-refractivity contribution in [1.29, 1.82) is 0 Å². The fourth-order valence-corrected chi connectivity index (χ4v) is 8.97. The Morgan fingerprint density at radius 3 is 0.884 bits per heavy atom. The van der Waals surface area contributed by atoms with E-state index in [2.05, 4.69) is 42.5 Å². The van der Waals surface area contributed by atoms with E-state index in [0.717, 1.165) is 5.75 Å². The Hall–Kier alpha value is -5.61. The fourth-order valence-electron chi connectivity index (χ4n) is 6.75. The van der Waals surface area contributed by atoms with Crippen molar-refractivity contribution in [2.24, 2.45) is 0 Å². The summed E-state index contributed by atoms with van der Waals surface area (Å²) in [5, 5.41) is 0. The highest BCUT2D eigenvalue weighted by atomic mass is 127. The summed E-state index contributed by atoms with van der Waals surface area (Å²) < 4.78 is 318. The van der Waals surface area contributed by atoms with Gasteiger partial charge in [0.05, 0.1) is 33.0 Å². The summed E-state index contributed by atoms with van der Waals surface area (Å²) in [6.45, 7) is 3.49. The van der Waals surface area contributed by atoms with Gasteiger partial charge in [-0.05, 0) is 36.4 Å². The molecule has 0 heterocycles. The topological polar surface area (TPSA) is 36.9 Å². The van der Waals surface area contributed by atoms with E-state index in [-0.39, 0.29) is 21.2 Å². The number of rotatable bonds is 16. The quantitative estimate of drug-likeness (QED) is 0.0311. The van der Waals surface area contributed by atoms with E-state index in [0.29, 0.717) is 39.6 Å². The second-order valence-corrected chi connectivity index (χ2v) is 16.7. The second kappa shape index (κ2) is 22.9. The van der Waals surface area contributed by atoms with Crippen molar-refractivity contribution in [2.75, 3.05) is 46.8 Å². The van der Waals surface area contributed by atoms with Gasteiger partial charge in [-0.3, -0.25) is 0 Å². The minimum absolute atomic E-state index is 0.116. The first-order valence-corrected chi connectivity index (χ1v) is 21.0. The Bertz CT molecular complexity index is 2460. The van der Waals surface area contributed by atoms with Gasteiger partial charge >= 0.3 is 21.2 Å². The minimum Gasteiger partial charge on any atom is -0.491 e. The van der Waals surface area contributed by atoms with Gasteiger partial charge in [0.25, 0.3) is 0 Å². The molecule has 6 aromatic rings. The highest BCUT2D eigenvalue weighted by Gasteiger charge is 2.52. The molecule has 0 aliphatic rings. The van der Waals surface area contributed by atoms with Crippen molar-refractivity contribution in [3.63, 3.8) is 0 Å². The molecule has 0 spiro atoms. The van der Waals surface area contributed by atoms with Crippen LogP contribution in [0.1, 0.15) is 0 Å². The van der Waals surface area contributed by atoms with Gasteiger partial charge in [-0.25, -0.2) is 87.8 Å². The van der Waals surface area contributed by atoms with Gasteiger partial charge in [0.15, 0.2) is 76.9 Å². The monoisotopic (exact) mass is 1120 g/mol. The van der Waals surface area contributed by atoms with Crippen molar-refractivity contribution >= 4 is 28.0 Å². The molecule has 0 unspecified atom stereocenters. The molecule has 0 radical (unpaired) electrons. The predicted octanol–water partition coefficient (Wildman–Crippen LogP) is 5.72. The summed E-state index contributed by atoms with van der Waals surface area (Å²) in [6.07, 6.45) is -7.22. The summed E-state index contributed by atoms with van der Waals surface area (Å²) in [7, 11) is 1.66. The summed E-state index contributed by atoms with van der Waals surface area (Å²) >= 11 is -0.116. The Labute approximate surface area is 385 Å². The third kappa shape index (κ3) is 10.5. The molecule has 0 N–H and O–H groups in total. The Balaban J connectivity index is 0.000000311. The maximum absolute atomic E-state index is 15.4. The lowest BCUT2D eigenvalue weighted by Crippen LogP contribution is -3.61. The molecule has 0 aliphatic heterocycles. The van der Waals surface area contributed by atoms with Crippen LogP contribution in [0.15, 0.2) is 54.6 Å². The smallest absolute Gasteiger partial charge is 0.357 e. The van der Waals surface area contributed by atoms with Crippen LogP contribution in [0.25, 0.3) is 0 Å². The van der Waals surface area contributed by atoms with E-state index in [4.69, 9.17) is 18.9 Å². The largest absolute Gasteiger partial charge is 0.491 e. The zero-order chi connectivity index (χ0) is 51.2. The lowest BCUT2D eigenvalue weighted by atomic mass is 9.12. The summed E-state index contributed by atoms with van der Waals surface area (Å²) in [5.74, 6) is -70.5. The van der Waals surface area contributed by atoms with Crippen LogP contribution < -0.4 is 47.8 Å². The van der Waals surface area contributed by atoms with E-state index >= 15 is 35.1 Å². The molecule has 0 bridgehead atoms. The molecular weight excluding hydrogens is 1100 g/mol. The van der Waals surface area contributed by atoms with Gasteiger partial charge in [0, 0.05) is 7.11 Å². The molecule has 0 fully saturated rings. The number of ether oxygens (including phenoxy) is 4. The zero-order valence-corrected chi connectivity index (χ0v) is 36.2. The maximum Gasteiger partial charge on any atom is 0.357 e. The van der Waals surface area contributed by atoms with Crippen molar-refractivity contribution < 1.29 is 128 Å². The van der Waals surface area contributed by atoms with Crippen LogP contribution in [-0.2, 0) is 14.2 Å². The van der Waals surface area contributed by atoms with Gasteiger partial charge < -0.3 is 18.9 Å². The molecule has 0 saturated carbocycles. The number of hydrogen-bond acceptors (Lipinski definition) is 4. The maximum atomic E-state index is 15.4. The number of methoxy groups -OCH3 is 1. The van der Waals surface area contributed by atoms with Gasteiger partial charge in [-0.1, -0.05) is 18.2 Å². The van der Waals surface area contributed by atoms with Crippen LogP contribution in [-0.4, -0.2) is 52.9 Å². The van der Waals surface area contributed by atoms with E-state index in [1.807, 2.05) is 12.1 Å². The van der Waals surface area contributed by atoms with E-state index in [9.17, 15) is 52.7 Å². The molecule has 26 heteroatoms. The standard InChI is InChI=1S/C24BF20.C19H24IO4/c26-5-1(6(27)14(35)21(42)13(5)34)25(2-7(28)15(36)22(43)16(37)8(2)29,3-9(30)17(38)23(44)18(39)10(3)31)4-11(32)19(40)24(45)20(41)12(4)33;1-21-11-12-22-13-14-23-15-16-24-19-9-7-18(8-10-19)20-17-5-3-2-4-6-17/h;2-10H,11-16H2,1H3/q-1;+1. The van der Waals surface area contributed by atoms with Crippen LogP contribution in [0.3, 0.4) is 0 Å². The zero-order valence-electron chi connectivity index (χ0n) is 34.1. The van der Waals surface area contributed by atoms with Crippen LogP contribution >= 0.6 is 0 Å². The fraction of sp³-hybridized carbons (Fsp3) is 0.163. The van der Waals surface area contributed by atoms with Gasteiger partial charge in [0.2, 0.25) is 0 Å². The molecule has 6 rings (SSSR count). The molecule has 6 aromatic carbocycles. The summed E-state index contributed by atoms with van der Waals surface area (Å²) in [6, 6.07) is 19.0. The van der Waals surface area contributed by atoms with Crippen molar-refractivity contribution in [3.8, 4) is 5.75 Å².